The maximum atomic E-state index is 12.0. The second-order valence-electron chi connectivity index (χ2n) is 6.40. The van der Waals surface area contributed by atoms with Crippen molar-refractivity contribution in [1.82, 2.24) is 25.9 Å². The van der Waals surface area contributed by atoms with E-state index in [1.54, 1.807) is 24.3 Å². The van der Waals surface area contributed by atoms with E-state index in [0.29, 0.717) is 35.6 Å². The summed E-state index contributed by atoms with van der Waals surface area (Å²) in [7, 11) is 0. The molecule has 0 aliphatic heterocycles. The van der Waals surface area contributed by atoms with Crippen molar-refractivity contribution in [2.75, 3.05) is 26.2 Å². The van der Waals surface area contributed by atoms with Gasteiger partial charge in [-0.05, 0) is 50.2 Å². The molecule has 0 radical (unpaired) electrons. The van der Waals surface area contributed by atoms with Crippen LogP contribution in [0.2, 0.25) is 0 Å². The van der Waals surface area contributed by atoms with Gasteiger partial charge in [0.25, 0.3) is 11.8 Å². The number of hydrogen-bond donors (Lipinski definition) is 5. The van der Waals surface area contributed by atoms with Crippen LogP contribution in [0.25, 0.3) is 0 Å². The lowest BCUT2D eigenvalue weighted by Crippen LogP contribution is -2.29. The smallest absolute Gasteiger partial charge is 0.252 e. The van der Waals surface area contributed by atoms with Crippen molar-refractivity contribution in [3.05, 3.63) is 59.2 Å². The van der Waals surface area contributed by atoms with Gasteiger partial charge in [0.15, 0.2) is 0 Å². The van der Waals surface area contributed by atoms with Crippen LogP contribution in [-0.4, -0.2) is 70.8 Å². The number of carbonyl (C=O) groups excluding carboxylic acids is 2. The largest absolute Gasteiger partial charge is 0.411 e. The molecule has 11 heteroatoms. The van der Waals surface area contributed by atoms with Crippen molar-refractivity contribution in [2.45, 2.75) is 12.8 Å². The van der Waals surface area contributed by atoms with Gasteiger partial charge in [-0.2, -0.15) is 0 Å². The molecule has 0 fully saturated rings. The van der Waals surface area contributed by atoms with E-state index >= 15 is 0 Å². The second kappa shape index (κ2) is 13.4. The van der Waals surface area contributed by atoms with Crippen LogP contribution in [0.4, 0.5) is 0 Å². The van der Waals surface area contributed by atoms with Crippen molar-refractivity contribution in [3.63, 3.8) is 0 Å². The lowest BCUT2D eigenvalue weighted by Gasteiger charge is -2.08. The fourth-order valence-electron chi connectivity index (χ4n) is 2.51. The number of rotatable bonds is 12. The minimum atomic E-state index is -0.214. The second-order valence-corrected chi connectivity index (χ2v) is 6.40. The predicted octanol–water partition coefficient (Wildman–Crippen LogP) is 0.622. The van der Waals surface area contributed by atoms with Crippen LogP contribution in [0.3, 0.4) is 0 Å². The van der Waals surface area contributed by atoms with E-state index in [9.17, 15) is 9.59 Å². The van der Waals surface area contributed by atoms with Gasteiger partial charge in [0.2, 0.25) is 0 Å². The maximum absolute atomic E-state index is 12.0. The SMILES string of the molecule is O=C(NCCCNCCCNC(=O)c1ccc(/C=N\O)nc1)c1ccc(/C=N\O)nc1. The van der Waals surface area contributed by atoms with Crippen LogP contribution in [0.5, 0.6) is 0 Å². The maximum Gasteiger partial charge on any atom is 0.252 e. The Labute approximate surface area is 179 Å². The third kappa shape index (κ3) is 8.58. The number of aromatic nitrogens is 2. The molecule has 0 aliphatic rings. The highest BCUT2D eigenvalue weighted by molar-refractivity contribution is 5.94. The standard InChI is InChI=1S/C20H25N7O4/c28-19(15-3-5-17(13-26-30)24-11-15)22-9-1-7-21-8-2-10-23-20(29)16-4-6-18(14-27-31)25-12-16/h3-6,11-14,21,30-31H,1-2,7-10H2,(H,22,28)(H,23,29)/b26-13-,27-14-. The van der Waals surface area contributed by atoms with E-state index in [4.69, 9.17) is 10.4 Å². The number of pyridine rings is 2. The fraction of sp³-hybridized carbons (Fsp3) is 0.300. The van der Waals surface area contributed by atoms with Crippen LogP contribution >= 0.6 is 0 Å². The first-order valence-electron chi connectivity index (χ1n) is 9.68. The van der Waals surface area contributed by atoms with Gasteiger partial charge in [-0.1, -0.05) is 10.3 Å². The molecule has 11 nitrogen and oxygen atoms in total. The molecule has 5 N–H and O–H groups in total. The zero-order chi connectivity index (χ0) is 22.3. The number of nitrogens with zero attached hydrogens (tertiary/aromatic N) is 4. The van der Waals surface area contributed by atoms with Gasteiger partial charge < -0.3 is 26.4 Å². The summed E-state index contributed by atoms with van der Waals surface area (Å²) < 4.78 is 0. The van der Waals surface area contributed by atoms with Crippen LogP contribution in [0, 0.1) is 0 Å². The van der Waals surface area contributed by atoms with Crippen LogP contribution in [-0.2, 0) is 0 Å². The third-order valence-corrected chi connectivity index (χ3v) is 4.11. The molecule has 2 rings (SSSR count). The molecular formula is C20H25N7O4. The van der Waals surface area contributed by atoms with Crippen molar-refractivity contribution in [1.29, 1.82) is 0 Å². The van der Waals surface area contributed by atoms with Gasteiger partial charge in [-0.25, -0.2) is 0 Å². The Hall–Kier alpha value is -3.86. The Morgan fingerprint density at radius 2 is 1.23 bits per heavy atom. The fourth-order valence-corrected chi connectivity index (χ4v) is 2.51. The lowest BCUT2D eigenvalue weighted by atomic mass is 10.2. The molecule has 0 atom stereocenters. The Kier molecular flexibility index (Phi) is 10.1. The molecule has 0 unspecified atom stereocenters. The van der Waals surface area contributed by atoms with Gasteiger partial charge in [0.05, 0.1) is 34.9 Å². The topological polar surface area (TPSA) is 161 Å². The van der Waals surface area contributed by atoms with Gasteiger partial charge in [-0.15, -0.1) is 0 Å². The molecule has 0 saturated carbocycles. The van der Waals surface area contributed by atoms with E-state index in [1.165, 1.54) is 24.8 Å². The first kappa shape index (κ1) is 23.4. The summed E-state index contributed by atoms with van der Waals surface area (Å²) in [6, 6.07) is 6.40. The average molecular weight is 427 g/mol. The molecule has 0 bridgehead atoms. The van der Waals surface area contributed by atoms with E-state index in [2.05, 4.69) is 36.2 Å². The van der Waals surface area contributed by atoms with E-state index in [1.807, 2.05) is 0 Å². The number of nitrogens with one attached hydrogen (secondary N) is 3. The van der Waals surface area contributed by atoms with E-state index in [0.717, 1.165) is 25.9 Å². The molecule has 0 saturated heterocycles. The summed E-state index contributed by atoms with van der Waals surface area (Å²) >= 11 is 0. The van der Waals surface area contributed by atoms with Crippen molar-refractivity contribution >= 4 is 24.2 Å². The first-order valence-corrected chi connectivity index (χ1v) is 9.68. The molecule has 0 aromatic carbocycles. The summed E-state index contributed by atoms with van der Waals surface area (Å²) in [5.74, 6) is -0.428. The molecule has 31 heavy (non-hydrogen) atoms. The summed E-state index contributed by atoms with van der Waals surface area (Å²) in [6.45, 7) is 2.51. The van der Waals surface area contributed by atoms with Crippen molar-refractivity contribution < 1.29 is 20.0 Å². The first-order chi connectivity index (χ1) is 15.1. The lowest BCUT2D eigenvalue weighted by molar-refractivity contribution is 0.0945. The summed E-state index contributed by atoms with van der Waals surface area (Å²) in [6.07, 6.45) is 6.73. The number of hydrogen-bond acceptors (Lipinski definition) is 9. The summed E-state index contributed by atoms with van der Waals surface area (Å²) in [4.78, 5) is 32.0. The highest BCUT2D eigenvalue weighted by Crippen LogP contribution is 2.00. The molecule has 2 amide bonds. The zero-order valence-electron chi connectivity index (χ0n) is 16.9. The van der Waals surface area contributed by atoms with Crippen molar-refractivity contribution in [2.24, 2.45) is 10.3 Å². The molecule has 2 heterocycles. The quantitative estimate of drug-likeness (QED) is 0.144. The monoisotopic (exact) mass is 427 g/mol. The van der Waals surface area contributed by atoms with Gasteiger partial charge >= 0.3 is 0 Å². The Morgan fingerprint density at radius 1 is 0.774 bits per heavy atom. The van der Waals surface area contributed by atoms with Crippen LogP contribution < -0.4 is 16.0 Å². The molecule has 0 aliphatic carbocycles. The molecular weight excluding hydrogens is 402 g/mol. The van der Waals surface area contributed by atoms with E-state index < -0.39 is 0 Å². The minimum Gasteiger partial charge on any atom is -0.411 e. The molecule has 0 spiro atoms. The Morgan fingerprint density at radius 3 is 1.58 bits per heavy atom. The highest BCUT2D eigenvalue weighted by atomic mass is 16.4. The highest BCUT2D eigenvalue weighted by Gasteiger charge is 2.06. The summed E-state index contributed by atoms with van der Waals surface area (Å²) in [5, 5.41) is 31.5. The number of carbonyl (C=O) groups is 2. The summed E-state index contributed by atoms with van der Waals surface area (Å²) in [5.41, 5.74) is 1.79. The molecule has 164 valence electrons. The molecule has 2 aromatic heterocycles. The number of amides is 2. The average Bonchev–Trinajstić information content (AvgIpc) is 2.79. The predicted molar refractivity (Wildman–Crippen MR) is 114 cm³/mol. The van der Waals surface area contributed by atoms with Gasteiger partial charge in [0.1, 0.15) is 0 Å². The third-order valence-electron chi connectivity index (χ3n) is 4.11. The van der Waals surface area contributed by atoms with E-state index in [-0.39, 0.29) is 11.8 Å². The zero-order valence-corrected chi connectivity index (χ0v) is 16.9. The van der Waals surface area contributed by atoms with Crippen molar-refractivity contribution in [3.8, 4) is 0 Å². The Balaban J connectivity index is 1.51. The molecule has 2 aromatic rings. The normalized spacial score (nSPS) is 11.1. The van der Waals surface area contributed by atoms with Crippen LogP contribution in [0.15, 0.2) is 47.0 Å². The minimum absolute atomic E-state index is 0.214. The van der Waals surface area contributed by atoms with Gasteiger partial charge in [0, 0.05) is 25.5 Å². The van der Waals surface area contributed by atoms with Crippen LogP contribution in [0.1, 0.15) is 44.9 Å². The Bertz CT molecular complexity index is 810. The van der Waals surface area contributed by atoms with Gasteiger partial charge in [-0.3, -0.25) is 19.6 Å². The number of oxime groups is 2.